The van der Waals surface area contributed by atoms with Crippen molar-refractivity contribution in [3.63, 3.8) is 0 Å². The lowest BCUT2D eigenvalue weighted by molar-refractivity contribution is -0.568. The van der Waals surface area contributed by atoms with Crippen LogP contribution in [0.3, 0.4) is 0 Å². The highest BCUT2D eigenvalue weighted by molar-refractivity contribution is 6.05. The summed E-state index contributed by atoms with van der Waals surface area (Å²) >= 11 is 0. The molecule has 2 rings (SSSR count). The van der Waals surface area contributed by atoms with Gasteiger partial charge in [0.05, 0.1) is 13.2 Å². The van der Waals surface area contributed by atoms with E-state index in [0.717, 1.165) is 11.3 Å². The zero-order valence-corrected chi connectivity index (χ0v) is 11.0. The van der Waals surface area contributed by atoms with E-state index in [1.807, 2.05) is 36.0 Å². The minimum atomic E-state index is -0.0309. The molecule has 0 radical (unpaired) electrons. The number of benzene rings is 1. The van der Waals surface area contributed by atoms with Gasteiger partial charge in [-0.2, -0.15) is 4.57 Å². The molecule has 2 aromatic rings. The molecule has 0 atom stereocenters. The number of aromatic nitrogens is 1. The Morgan fingerprint density at radius 2 is 1.95 bits per heavy atom. The van der Waals surface area contributed by atoms with Gasteiger partial charge in [-0.1, -0.05) is 0 Å². The third kappa shape index (κ3) is 3.52. The molecule has 0 aliphatic heterocycles. The summed E-state index contributed by atoms with van der Waals surface area (Å²) < 4.78 is 6.92. The second-order valence-electron chi connectivity index (χ2n) is 4.24. The second kappa shape index (κ2) is 5.96. The summed E-state index contributed by atoms with van der Waals surface area (Å²) in [5.74, 6) is 0.713. The number of rotatable bonds is 4. The Bertz CT molecular complexity index is 600. The van der Waals surface area contributed by atoms with Crippen LogP contribution in [0.2, 0.25) is 0 Å². The van der Waals surface area contributed by atoms with E-state index in [0.29, 0.717) is 5.56 Å². The fourth-order valence-corrected chi connectivity index (χ4v) is 1.71. The summed E-state index contributed by atoms with van der Waals surface area (Å²) in [6.07, 6.45) is 7.16. The molecule has 96 valence electrons. The van der Waals surface area contributed by atoms with Gasteiger partial charge in [-0.05, 0) is 37.3 Å². The lowest BCUT2D eigenvalue weighted by Crippen LogP contribution is -2.25. The van der Waals surface area contributed by atoms with Gasteiger partial charge in [-0.25, -0.2) is 0 Å². The van der Waals surface area contributed by atoms with Crippen molar-refractivity contribution in [2.75, 3.05) is 7.11 Å². The monoisotopic (exact) mass is 254 g/mol. The Morgan fingerprint density at radius 3 is 2.58 bits per heavy atom. The van der Waals surface area contributed by atoms with Gasteiger partial charge in [0.1, 0.15) is 5.75 Å². The Kier molecular flexibility index (Phi) is 4.08. The lowest BCUT2D eigenvalue weighted by atomic mass is 10.1. The van der Waals surface area contributed by atoms with Gasteiger partial charge in [0.15, 0.2) is 24.4 Å². The average Bonchev–Trinajstić information content (AvgIpc) is 2.45. The van der Waals surface area contributed by atoms with Crippen molar-refractivity contribution in [1.29, 1.82) is 0 Å². The molecule has 19 heavy (non-hydrogen) atoms. The minimum absolute atomic E-state index is 0.0309. The number of hydrogen-bond acceptors (Lipinski definition) is 2. The fraction of sp³-hybridized carbons (Fsp3) is 0.125. The van der Waals surface area contributed by atoms with Crippen molar-refractivity contribution in [2.24, 2.45) is 0 Å². The number of hydrogen-bond donors (Lipinski definition) is 0. The first kappa shape index (κ1) is 13.0. The number of nitrogens with zero attached hydrogens (tertiary/aromatic N) is 1. The van der Waals surface area contributed by atoms with Crippen molar-refractivity contribution in [3.05, 3.63) is 66.0 Å². The van der Waals surface area contributed by atoms with Crippen LogP contribution in [0.15, 0.2) is 54.9 Å². The summed E-state index contributed by atoms with van der Waals surface area (Å²) in [5.41, 5.74) is 1.79. The van der Waals surface area contributed by atoms with Crippen LogP contribution in [0.5, 0.6) is 5.75 Å². The fourth-order valence-electron chi connectivity index (χ4n) is 1.71. The summed E-state index contributed by atoms with van der Waals surface area (Å²) in [4.78, 5) is 12.0. The van der Waals surface area contributed by atoms with Gasteiger partial charge in [0.25, 0.3) is 0 Å². The summed E-state index contributed by atoms with van der Waals surface area (Å²) in [7, 11) is 1.60. The van der Waals surface area contributed by atoms with Crippen molar-refractivity contribution in [1.82, 2.24) is 0 Å². The molecular weight excluding hydrogens is 238 g/mol. The third-order valence-electron chi connectivity index (χ3n) is 2.74. The van der Waals surface area contributed by atoms with E-state index >= 15 is 0 Å². The normalized spacial score (nSPS) is 10.6. The van der Waals surface area contributed by atoms with Gasteiger partial charge in [0, 0.05) is 17.2 Å². The van der Waals surface area contributed by atoms with E-state index in [1.54, 1.807) is 43.7 Å². The minimum Gasteiger partial charge on any atom is -0.497 e. The number of carbonyl (C=O) groups is 1. The van der Waals surface area contributed by atoms with Gasteiger partial charge in [0.2, 0.25) is 0 Å². The Labute approximate surface area is 112 Å². The first-order valence-electron chi connectivity index (χ1n) is 6.03. The summed E-state index contributed by atoms with van der Waals surface area (Å²) in [5, 5.41) is 0. The standard InChI is InChI=1S/C16H16NO2/c1-13-4-3-10-17(12-13)11-9-16(18)14-5-7-15(19-2)8-6-14/h3-12H,1-2H3/q+1/b11-9+. The first-order valence-corrected chi connectivity index (χ1v) is 6.03. The molecule has 3 heteroatoms. The Balaban J connectivity index is 2.11. The SMILES string of the molecule is COc1ccc(C(=O)/C=C/[n+]2cccc(C)c2)cc1. The quantitative estimate of drug-likeness (QED) is 0.477. The van der Waals surface area contributed by atoms with Crippen molar-refractivity contribution < 1.29 is 14.1 Å². The molecule has 0 spiro atoms. The number of ketones is 1. The Morgan fingerprint density at radius 1 is 1.21 bits per heavy atom. The molecule has 1 aromatic heterocycles. The predicted octanol–water partition coefficient (Wildman–Crippen LogP) is 2.64. The van der Waals surface area contributed by atoms with Crippen LogP contribution in [-0.2, 0) is 0 Å². The second-order valence-corrected chi connectivity index (χ2v) is 4.24. The highest BCUT2D eigenvalue weighted by Gasteiger charge is 2.03. The van der Waals surface area contributed by atoms with E-state index in [1.165, 1.54) is 0 Å². The highest BCUT2D eigenvalue weighted by atomic mass is 16.5. The molecule has 0 aliphatic rings. The van der Waals surface area contributed by atoms with Gasteiger partial charge in [-0.3, -0.25) is 4.79 Å². The average molecular weight is 254 g/mol. The smallest absolute Gasteiger partial charge is 0.191 e. The van der Waals surface area contributed by atoms with Crippen molar-refractivity contribution >= 4 is 12.0 Å². The maximum atomic E-state index is 12.0. The maximum Gasteiger partial charge on any atom is 0.191 e. The zero-order valence-electron chi connectivity index (χ0n) is 11.0. The number of aryl methyl sites for hydroxylation is 1. The largest absolute Gasteiger partial charge is 0.497 e. The van der Waals surface area contributed by atoms with Crippen LogP contribution in [-0.4, -0.2) is 12.9 Å². The number of pyridine rings is 1. The Hall–Kier alpha value is -2.42. The van der Waals surface area contributed by atoms with Crippen LogP contribution in [0, 0.1) is 6.92 Å². The molecule has 0 saturated carbocycles. The van der Waals surface area contributed by atoms with E-state index < -0.39 is 0 Å². The summed E-state index contributed by atoms with van der Waals surface area (Å²) in [6.45, 7) is 2.01. The number of carbonyl (C=O) groups excluding carboxylic acids is 1. The van der Waals surface area contributed by atoms with Gasteiger partial charge in [-0.15, -0.1) is 0 Å². The molecule has 1 aromatic carbocycles. The van der Waals surface area contributed by atoms with Crippen LogP contribution >= 0.6 is 0 Å². The molecular formula is C16H16NO2+. The number of allylic oxidation sites excluding steroid dienone is 1. The van der Waals surface area contributed by atoms with Crippen LogP contribution in [0.25, 0.3) is 6.20 Å². The van der Waals surface area contributed by atoms with Crippen LogP contribution in [0.1, 0.15) is 15.9 Å². The van der Waals surface area contributed by atoms with Crippen molar-refractivity contribution in [3.8, 4) is 5.75 Å². The zero-order chi connectivity index (χ0) is 13.7. The summed E-state index contributed by atoms with van der Waals surface area (Å²) in [6, 6.07) is 11.0. The lowest BCUT2D eigenvalue weighted by Gasteiger charge is -1.99. The molecule has 0 bridgehead atoms. The molecule has 0 amide bonds. The predicted molar refractivity (Wildman–Crippen MR) is 74.0 cm³/mol. The molecule has 0 unspecified atom stereocenters. The van der Waals surface area contributed by atoms with E-state index in [-0.39, 0.29) is 5.78 Å². The number of methoxy groups -OCH3 is 1. The number of ether oxygens (including phenoxy) is 1. The third-order valence-corrected chi connectivity index (χ3v) is 2.74. The van der Waals surface area contributed by atoms with Crippen molar-refractivity contribution in [2.45, 2.75) is 6.92 Å². The molecule has 1 heterocycles. The van der Waals surface area contributed by atoms with E-state index in [9.17, 15) is 4.79 Å². The van der Waals surface area contributed by atoms with E-state index in [2.05, 4.69) is 0 Å². The van der Waals surface area contributed by atoms with Gasteiger partial charge < -0.3 is 4.74 Å². The van der Waals surface area contributed by atoms with Crippen LogP contribution in [0.4, 0.5) is 0 Å². The topological polar surface area (TPSA) is 30.2 Å². The molecule has 0 saturated heterocycles. The first-order chi connectivity index (χ1) is 9.19. The molecule has 0 fully saturated rings. The van der Waals surface area contributed by atoms with Gasteiger partial charge >= 0.3 is 0 Å². The molecule has 0 aliphatic carbocycles. The van der Waals surface area contributed by atoms with Crippen LogP contribution < -0.4 is 9.30 Å². The molecule has 3 nitrogen and oxygen atoms in total. The maximum absolute atomic E-state index is 12.0. The molecule has 0 N–H and O–H groups in total. The van der Waals surface area contributed by atoms with E-state index in [4.69, 9.17) is 4.74 Å². The highest BCUT2D eigenvalue weighted by Crippen LogP contribution is 2.11.